The predicted molar refractivity (Wildman–Crippen MR) is 157 cm³/mol. The van der Waals surface area contributed by atoms with E-state index < -0.39 is 18.2 Å². The van der Waals surface area contributed by atoms with E-state index in [9.17, 15) is 24.9 Å². The highest BCUT2D eigenvalue weighted by Gasteiger charge is 2.65. The maximum atomic E-state index is 13.1. The van der Waals surface area contributed by atoms with Gasteiger partial charge in [0.05, 0.1) is 24.4 Å². The summed E-state index contributed by atoms with van der Waals surface area (Å²) in [6, 6.07) is -0.463. The van der Waals surface area contributed by atoms with Crippen molar-refractivity contribution in [1.82, 2.24) is 5.32 Å². The molecule has 0 radical (unpaired) electrons. The number of hydrogen-bond acceptors (Lipinski definition) is 7. The fourth-order valence-corrected chi connectivity index (χ4v) is 10.4. The van der Waals surface area contributed by atoms with Crippen LogP contribution >= 0.6 is 0 Å². The van der Waals surface area contributed by atoms with Crippen molar-refractivity contribution in [3.05, 3.63) is 0 Å². The highest BCUT2D eigenvalue weighted by atomic mass is 16.3. The van der Waals surface area contributed by atoms with Gasteiger partial charge in [-0.2, -0.15) is 10.2 Å². The van der Waals surface area contributed by atoms with E-state index in [1.165, 1.54) is 0 Å². The molecule has 4 saturated carbocycles. The van der Waals surface area contributed by atoms with E-state index in [-0.39, 0.29) is 46.1 Å². The van der Waals surface area contributed by atoms with Crippen molar-refractivity contribution in [2.45, 2.75) is 148 Å². The van der Waals surface area contributed by atoms with Crippen molar-refractivity contribution in [2.75, 3.05) is 0 Å². The van der Waals surface area contributed by atoms with Crippen LogP contribution in [0.15, 0.2) is 10.2 Å². The van der Waals surface area contributed by atoms with Gasteiger partial charge in [-0.3, -0.25) is 9.59 Å². The van der Waals surface area contributed by atoms with Crippen LogP contribution < -0.4 is 5.32 Å². The van der Waals surface area contributed by atoms with Gasteiger partial charge in [0.1, 0.15) is 0 Å². The summed E-state index contributed by atoms with van der Waals surface area (Å²) < 4.78 is 0. The molecule has 8 nitrogen and oxygen atoms in total. The molecule has 5 rings (SSSR count). The molecule has 41 heavy (non-hydrogen) atoms. The topological polar surface area (TPSA) is 132 Å². The van der Waals surface area contributed by atoms with E-state index in [1.807, 2.05) is 13.8 Å². The van der Waals surface area contributed by atoms with Crippen molar-refractivity contribution in [3.63, 3.8) is 0 Å². The summed E-state index contributed by atoms with van der Waals surface area (Å²) in [7, 11) is 0. The molecule has 8 heteroatoms. The Balaban J connectivity index is 1.20. The number of nitrogens with zero attached hydrogens (tertiary/aromatic N) is 2. The molecular weight excluding hydrogens is 518 g/mol. The number of Topliss-reactive ketones (excluding diaryl/α,β-unsaturated/α-hetero) is 1. The van der Waals surface area contributed by atoms with Crippen molar-refractivity contribution >= 4 is 11.7 Å². The quantitative estimate of drug-likeness (QED) is 0.270. The van der Waals surface area contributed by atoms with Gasteiger partial charge in [0.15, 0.2) is 11.4 Å². The van der Waals surface area contributed by atoms with E-state index in [4.69, 9.17) is 0 Å². The van der Waals surface area contributed by atoms with Gasteiger partial charge >= 0.3 is 0 Å². The molecule has 5 aliphatic rings. The number of aliphatic hydroxyl groups excluding tert-OH is 3. The second-order valence-corrected chi connectivity index (χ2v) is 15.3. The number of fused-ring (bicyclic) bond motifs is 5. The van der Waals surface area contributed by atoms with Crippen LogP contribution in [-0.4, -0.2) is 57.0 Å². The molecule has 0 aromatic rings. The summed E-state index contributed by atoms with van der Waals surface area (Å²) >= 11 is 0. The van der Waals surface area contributed by atoms with Gasteiger partial charge in [0.25, 0.3) is 0 Å². The van der Waals surface area contributed by atoms with Crippen LogP contribution in [0.1, 0.15) is 118 Å². The fraction of sp³-hybridized carbons (Fsp3) is 0.939. The third-order valence-corrected chi connectivity index (χ3v) is 12.9. The van der Waals surface area contributed by atoms with Gasteiger partial charge < -0.3 is 20.6 Å². The molecule has 3 unspecified atom stereocenters. The van der Waals surface area contributed by atoms with E-state index in [0.29, 0.717) is 55.8 Å². The van der Waals surface area contributed by atoms with Crippen LogP contribution in [0.5, 0.6) is 0 Å². The minimum Gasteiger partial charge on any atom is -0.393 e. The summed E-state index contributed by atoms with van der Waals surface area (Å²) in [6.45, 7) is 10.9. The lowest BCUT2D eigenvalue weighted by molar-refractivity contribution is -0.223. The molecular formula is C33H55N3O5. The molecule has 0 aromatic carbocycles. The monoisotopic (exact) mass is 573 g/mol. The predicted octanol–water partition coefficient (Wildman–Crippen LogP) is 5.18. The van der Waals surface area contributed by atoms with Crippen molar-refractivity contribution < 1.29 is 24.9 Å². The van der Waals surface area contributed by atoms with Crippen LogP contribution in [0.25, 0.3) is 0 Å². The zero-order valence-corrected chi connectivity index (χ0v) is 26.0. The second kappa shape index (κ2) is 11.6. The van der Waals surface area contributed by atoms with Crippen LogP contribution in [0.3, 0.4) is 0 Å². The second-order valence-electron chi connectivity index (χ2n) is 15.3. The van der Waals surface area contributed by atoms with Gasteiger partial charge in [-0.15, -0.1) is 0 Å². The Morgan fingerprint density at radius 3 is 2.24 bits per heavy atom. The van der Waals surface area contributed by atoms with Crippen molar-refractivity contribution in [1.29, 1.82) is 0 Å². The first-order chi connectivity index (χ1) is 19.3. The third kappa shape index (κ3) is 5.78. The van der Waals surface area contributed by atoms with E-state index in [1.54, 1.807) is 0 Å². The third-order valence-electron chi connectivity index (χ3n) is 12.9. The largest absolute Gasteiger partial charge is 0.393 e. The molecule has 232 valence electrons. The van der Waals surface area contributed by atoms with E-state index in [2.05, 4.69) is 36.3 Å². The SMILES string of the molecule is CCCC(=O)C(CCC1(C)N=N1)NC(=O)CC[C@@H](C)[C@H]1CC[C@H]2[C@@H]3C(O)C(O)[C@@H]4C[C@H](O)CC[C@]4(C)[C@H]3CC[C@]12C. The summed E-state index contributed by atoms with van der Waals surface area (Å²) in [5, 5.41) is 44.3. The molecule has 0 aromatic heterocycles. The van der Waals surface area contributed by atoms with Crippen LogP contribution in [0.4, 0.5) is 0 Å². The number of aliphatic hydroxyl groups is 3. The first-order valence-corrected chi connectivity index (χ1v) is 16.6. The van der Waals surface area contributed by atoms with Gasteiger partial charge in [-0.1, -0.05) is 27.7 Å². The Labute approximate surface area is 246 Å². The number of carbonyl (C=O) groups excluding carboxylic acids is 2. The molecule has 0 saturated heterocycles. The minimum absolute atomic E-state index is 0.0312. The zero-order chi connectivity index (χ0) is 29.7. The van der Waals surface area contributed by atoms with Gasteiger partial charge in [-0.25, -0.2) is 0 Å². The molecule has 4 aliphatic carbocycles. The average Bonchev–Trinajstić information content (AvgIpc) is 3.56. The van der Waals surface area contributed by atoms with Crippen LogP contribution in [0.2, 0.25) is 0 Å². The highest BCUT2D eigenvalue weighted by Crippen LogP contribution is 2.68. The van der Waals surface area contributed by atoms with E-state index >= 15 is 0 Å². The average molecular weight is 574 g/mol. The molecule has 1 amide bonds. The number of amides is 1. The minimum atomic E-state index is -0.771. The van der Waals surface area contributed by atoms with Gasteiger partial charge in [0.2, 0.25) is 5.91 Å². The van der Waals surface area contributed by atoms with E-state index in [0.717, 1.165) is 51.4 Å². The molecule has 0 spiro atoms. The summed E-state index contributed by atoms with van der Waals surface area (Å²) in [6.07, 6.45) is 8.45. The Morgan fingerprint density at radius 2 is 1.56 bits per heavy atom. The van der Waals surface area contributed by atoms with Crippen LogP contribution in [-0.2, 0) is 9.59 Å². The fourth-order valence-electron chi connectivity index (χ4n) is 10.4. The smallest absolute Gasteiger partial charge is 0.220 e. The lowest BCUT2D eigenvalue weighted by Crippen LogP contribution is -2.64. The highest BCUT2D eigenvalue weighted by molar-refractivity contribution is 5.89. The molecule has 4 N–H and O–H groups in total. The Kier molecular flexibility index (Phi) is 8.79. The summed E-state index contributed by atoms with van der Waals surface area (Å²) in [5.41, 5.74) is -0.325. The normalized spacial score (nSPS) is 43.8. The standard InChI is InChI=1S/C33H55N3O5/c1-6-7-26(38)25(14-17-33(5)35-36-33)34-27(39)11-8-19(2)21-9-10-22-28-23(13-16-31(21,22)3)32(4)15-12-20(37)18-24(32)29(40)30(28)41/h19-25,28-30,37,40-41H,6-18H2,1-5H3,(H,34,39)/t19-,20-,21-,22+,23+,24+,25?,28+,29?,30?,31-,32-/m1/s1. The first kappa shape index (κ1) is 31.1. The molecule has 1 heterocycles. The molecule has 4 fully saturated rings. The number of nitrogens with one attached hydrogen (secondary N) is 1. The molecule has 0 bridgehead atoms. The number of hydrogen-bond donors (Lipinski definition) is 4. The molecule has 1 aliphatic heterocycles. The summed E-state index contributed by atoms with van der Waals surface area (Å²) in [5.74, 6) is 1.69. The van der Waals surface area contributed by atoms with Gasteiger partial charge in [0, 0.05) is 12.8 Å². The van der Waals surface area contributed by atoms with Gasteiger partial charge in [-0.05, 0) is 124 Å². The lowest BCUT2D eigenvalue weighted by Gasteiger charge is -2.63. The number of ketones is 1. The summed E-state index contributed by atoms with van der Waals surface area (Å²) in [4.78, 5) is 25.8. The Bertz CT molecular complexity index is 1010. The Hall–Kier alpha value is -1.38. The number of carbonyl (C=O) groups is 2. The van der Waals surface area contributed by atoms with Crippen molar-refractivity contribution in [2.24, 2.45) is 56.6 Å². The lowest BCUT2D eigenvalue weighted by atomic mass is 9.43. The number of rotatable bonds is 11. The zero-order valence-electron chi connectivity index (χ0n) is 26.0. The Morgan fingerprint density at radius 1 is 0.878 bits per heavy atom. The van der Waals surface area contributed by atoms with Crippen LogP contribution in [0, 0.1) is 46.3 Å². The molecule has 12 atom stereocenters. The van der Waals surface area contributed by atoms with Crippen molar-refractivity contribution in [3.8, 4) is 0 Å². The first-order valence-electron chi connectivity index (χ1n) is 16.6. The maximum absolute atomic E-state index is 13.1. The maximum Gasteiger partial charge on any atom is 0.220 e.